The number of allylic oxidation sites excluding steroid dienone is 1. The highest BCUT2D eigenvalue weighted by molar-refractivity contribution is 5.93. The molecule has 1 aromatic carbocycles. The molecule has 118 valence electrons. The predicted molar refractivity (Wildman–Crippen MR) is 80.8 cm³/mol. The minimum Gasteiger partial charge on any atom is -0.457 e. The molecule has 0 fully saturated rings. The molecule has 0 unspecified atom stereocenters. The van der Waals surface area contributed by atoms with Crippen molar-refractivity contribution >= 4 is 17.5 Å². The van der Waals surface area contributed by atoms with Gasteiger partial charge in [0, 0.05) is 17.5 Å². The standard InChI is InChI=1S/C15H18N2O5/c1-5-21-14(18)16-9-13(15(2,3)4)22-12-7-6-10(17(19)20)8-11(12)16/h6-9H,5H2,1-4H3. The fourth-order valence-corrected chi connectivity index (χ4v) is 1.92. The number of nitro benzene ring substituents is 1. The third kappa shape index (κ3) is 3.03. The Bertz CT molecular complexity index is 646. The molecule has 22 heavy (non-hydrogen) atoms. The average Bonchev–Trinajstić information content (AvgIpc) is 2.44. The van der Waals surface area contributed by atoms with Gasteiger partial charge in [-0.2, -0.15) is 0 Å². The van der Waals surface area contributed by atoms with E-state index in [1.807, 2.05) is 20.8 Å². The summed E-state index contributed by atoms with van der Waals surface area (Å²) in [4.78, 5) is 23.8. The van der Waals surface area contributed by atoms with Crippen molar-refractivity contribution in [2.75, 3.05) is 11.5 Å². The molecular formula is C15H18N2O5. The molecule has 0 N–H and O–H groups in total. The summed E-state index contributed by atoms with van der Waals surface area (Å²) in [6.07, 6.45) is 0.915. The van der Waals surface area contributed by atoms with Crippen LogP contribution >= 0.6 is 0 Å². The van der Waals surface area contributed by atoms with E-state index in [0.717, 1.165) is 0 Å². The molecule has 0 atom stereocenters. The second-order valence-corrected chi connectivity index (χ2v) is 5.82. The summed E-state index contributed by atoms with van der Waals surface area (Å²) in [6, 6.07) is 4.12. The van der Waals surface area contributed by atoms with Crippen LogP contribution in [0.3, 0.4) is 0 Å². The van der Waals surface area contributed by atoms with Gasteiger partial charge in [0.25, 0.3) is 5.69 Å². The molecule has 0 bridgehead atoms. The average molecular weight is 306 g/mol. The largest absolute Gasteiger partial charge is 0.457 e. The van der Waals surface area contributed by atoms with Gasteiger partial charge in [-0.05, 0) is 13.0 Å². The molecule has 1 aliphatic rings. The van der Waals surface area contributed by atoms with Gasteiger partial charge in [-0.1, -0.05) is 20.8 Å². The highest BCUT2D eigenvalue weighted by atomic mass is 16.6. The zero-order valence-corrected chi connectivity index (χ0v) is 13.0. The summed E-state index contributed by atoms with van der Waals surface area (Å²) >= 11 is 0. The first-order chi connectivity index (χ1) is 10.2. The van der Waals surface area contributed by atoms with Gasteiger partial charge in [-0.3, -0.25) is 10.1 Å². The number of fused-ring (bicyclic) bond motifs is 1. The van der Waals surface area contributed by atoms with Crippen LogP contribution in [-0.2, 0) is 4.74 Å². The fraction of sp³-hybridized carbons (Fsp3) is 0.400. The van der Waals surface area contributed by atoms with Crippen molar-refractivity contribution in [1.29, 1.82) is 0 Å². The summed E-state index contributed by atoms with van der Waals surface area (Å²) in [5.74, 6) is 0.952. The van der Waals surface area contributed by atoms with Crippen LogP contribution in [0.1, 0.15) is 27.7 Å². The Morgan fingerprint density at radius 2 is 2.09 bits per heavy atom. The second kappa shape index (κ2) is 5.67. The Balaban J connectivity index is 2.52. The van der Waals surface area contributed by atoms with Gasteiger partial charge in [-0.25, -0.2) is 9.69 Å². The maximum Gasteiger partial charge on any atom is 0.418 e. The molecule has 0 aromatic heterocycles. The van der Waals surface area contributed by atoms with E-state index in [4.69, 9.17) is 9.47 Å². The number of hydrogen-bond acceptors (Lipinski definition) is 5. The van der Waals surface area contributed by atoms with Gasteiger partial charge in [-0.15, -0.1) is 0 Å². The van der Waals surface area contributed by atoms with Crippen molar-refractivity contribution in [3.8, 4) is 5.75 Å². The van der Waals surface area contributed by atoms with E-state index >= 15 is 0 Å². The Labute approximate surface area is 128 Å². The molecule has 1 aromatic rings. The SMILES string of the molecule is CCOC(=O)N1C=C(C(C)(C)C)Oc2ccc([N+](=O)[O-])cc21. The number of anilines is 1. The smallest absolute Gasteiger partial charge is 0.418 e. The summed E-state index contributed by atoms with van der Waals surface area (Å²) in [5, 5.41) is 10.9. The molecule has 0 saturated heterocycles. The lowest BCUT2D eigenvalue weighted by atomic mass is 9.93. The van der Waals surface area contributed by atoms with Crippen LogP contribution < -0.4 is 9.64 Å². The number of carbonyl (C=O) groups excluding carboxylic acids is 1. The molecule has 2 rings (SSSR count). The van der Waals surface area contributed by atoms with Crippen LogP contribution in [-0.4, -0.2) is 17.6 Å². The first-order valence-electron chi connectivity index (χ1n) is 6.88. The molecule has 1 heterocycles. The van der Waals surface area contributed by atoms with E-state index in [-0.39, 0.29) is 17.7 Å². The molecule has 0 radical (unpaired) electrons. The molecule has 0 aliphatic carbocycles. The number of rotatable bonds is 2. The quantitative estimate of drug-likeness (QED) is 0.612. The summed E-state index contributed by atoms with van der Waals surface area (Å²) in [6.45, 7) is 7.73. The van der Waals surface area contributed by atoms with E-state index in [1.165, 1.54) is 29.3 Å². The minimum atomic E-state index is -0.603. The Morgan fingerprint density at radius 1 is 1.41 bits per heavy atom. The number of hydrogen-bond donors (Lipinski definition) is 0. The zero-order chi connectivity index (χ0) is 16.5. The van der Waals surface area contributed by atoms with Crippen molar-refractivity contribution in [2.24, 2.45) is 5.41 Å². The maximum atomic E-state index is 12.1. The van der Waals surface area contributed by atoms with Gasteiger partial charge in [0.1, 0.15) is 11.4 Å². The first kappa shape index (κ1) is 15.8. The van der Waals surface area contributed by atoms with E-state index < -0.39 is 11.0 Å². The van der Waals surface area contributed by atoms with Crippen molar-refractivity contribution in [1.82, 2.24) is 0 Å². The van der Waals surface area contributed by atoms with Gasteiger partial charge in [0.2, 0.25) is 0 Å². The van der Waals surface area contributed by atoms with Crippen molar-refractivity contribution in [3.05, 3.63) is 40.3 Å². The third-order valence-corrected chi connectivity index (χ3v) is 3.08. The highest BCUT2D eigenvalue weighted by Crippen LogP contribution is 2.41. The number of non-ortho nitro benzene ring substituents is 1. The van der Waals surface area contributed by atoms with Crippen LogP contribution in [0.4, 0.5) is 16.2 Å². The fourth-order valence-electron chi connectivity index (χ4n) is 1.92. The molecule has 7 nitrogen and oxygen atoms in total. The molecular weight excluding hydrogens is 288 g/mol. The number of carbonyl (C=O) groups is 1. The number of benzene rings is 1. The summed E-state index contributed by atoms with van der Waals surface area (Å²) in [7, 11) is 0. The van der Waals surface area contributed by atoms with Crippen LogP contribution in [0.25, 0.3) is 0 Å². The number of nitrogens with zero attached hydrogens (tertiary/aromatic N) is 2. The lowest BCUT2D eigenvalue weighted by Crippen LogP contribution is -2.32. The number of nitro groups is 1. The van der Waals surface area contributed by atoms with Gasteiger partial charge < -0.3 is 9.47 Å². The van der Waals surface area contributed by atoms with Gasteiger partial charge in [0.15, 0.2) is 5.75 Å². The van der Waals surface area contributed by atoms with Gasteiger partial charge >= 0.3 is 6.09 Å². The second-order valence-electron chi connectivity index (χ2n) is 5.82. The Kier molecular flexibility index (Phi) is 4.07. The number of ether oxygens (including phenoxy) is 2. The minimum absolute atomic E-state index is 0.121. The van der Waals surface area contributed by atoms with Crippen molar-refractivity contribution in [3.63, 3.8) is 0 Å². The van der Waals surface area contributed by atoms with E-state index in [0.29, 0.717) is 17.2 Å². The summed E-state index contributed by atoms with van der Waals surface area (Å²) in [5.41, 5.74) is -0.158. The molecule has 0 spiro atoms. The van der Waals surface area contributed by atoms with Crippen LogP contribution in [0.5, 0.6) is 5.75 Å². The highest BCUT2D eigenvalue weighted by Gasteiger charge is 2.31. The normalized spacial score (nSPS) is 13.8. The van der Waals surface area contributed by atoms with Crippen molar-refractivity contribution < 1.29 is 19.2 Å². The third-order valence-electron chi connectivity index (χ3n) is 3.08. The lowest BCUT2D eigenvalue weighted by molar-refractivity contribution is -0.384. The zero-order valence-electron chi connectivity index (χ0n) is 13.0. The Hall–Kier alpha value is -2.57. The van der Waals surface area contributed by atoms with Crippen LogP contribution in [0.15, 0.2) is 30.2 Å². The molecule has 7 heteroatoms. The first-order valence-corrected chi connectivity index (χ1v) is 6.88. The van der Waals surface area contributed by atoms with Gasteiger partial charge in [0.05, 0.1) is 17.7 Å². The topological polar surface area (TPSA) is 81.9 Å². The monoisotopic (exact) mass is 306 g/mol. The van der Waals surface area contributed by atoms with E-state index in [2.05, 4.69) is 0 Å². The van der Waals surface area contributed by atoms with E-state index in [1.54, 1.807) is 6.92 Å². The maximum absolute atomic E-state index is 12.1. The number of amides is 1. The van der Waals surface area contributed by atoms with Crippen molar-refractivity contribution in [2.45, 2.75) is 27.7 Å². The Morgan fingerprint density at radius 3 is 2.64 bits per heavy atom. The summed E-state index contributed by atoms with van der Waals surface area (Å²) < 4.78 is 10.8. The van der Waals surface area contributed by atoms with E-state index in [9.17, 15) is 14.9 Å². The lowest BCUT2D eigenvalue weighted by Gasteiger charge is -2.32. The predicted octanol–water partition coefficient (Wildman–Crippen LogP) is 3.84. The molecule has 1 aliphatic heterocycles. The molecule has 0 saturated carbocycles. The van der Waals surface area contributed by atoms with Crippen LogP contribution in [0, 0.1) is 15.5 Å². The molecule has 1 amide bonds. The van der Waals surface area contributed by atoms with Crippen LogP contribution in [0.2, 0.25) is 0 Å².